The van der Waals surface area contributed by atoms with E-state index in [1.807, 2.05) is 43.3 Å². The Balaban J connectivity index is 1.37. The molecule has 0 radical (unpaired) electrons. The van der Waals surface area contributed by atoms with Crippen molar-refractivity contribution in [3.05, 3.63) is 84.6 Å². The molecule has 3 aromatic carbocycles. The molecule has 8 nitrogen and oxygen atoms in total. The maximum absolute atomic E-state index is 12.3. The molecule has 4 rings (SSSR count). The summed E-state index contributed by atoms with van der Waals surface area (Å²) in [6.45, 7) is 1.88. The molecule has 0 fully saturated rings. The molecule has 0 aliphatic heterocycles. The van der Waals surface area contributed by atoms with E-state index in [0.717, 1.165) is 10.9 Å². The van der Waals surface area contributed by atoms with E-state index in [2.05, 4.69) is 15.6 Å². The number of aromatic nitrogens is 1. The average molecular weight is 486 g/mol. The summed E-state index contributed by atoms with van der Waals surface area (Å²) in [7, 11) is 3.14. The lowest BCUT2D eigenvalue weighted by Crippen LogP contribution is -2.30. The number of hydrogen-bond acceptors (Lipinski definition) is 6. The van der Waals surface area contributed by atoms with Crippen molar-refractivity contribution in [3.8, 4) is 23.0 Å². The normalized spacial score (nSPS) is 11.4. The lowest BCUT2D eigenvalue weighted by atomic mass is 10.1. The smallest absolute Gasteiger partial charge is 0.233 e. The molecule has 1 atom stereocenters. The predicted octanol–water partition coefficient (Wildman–Crippen LogP) is 5.25. The number of fused-ring (bicyclic) bond motifs is 1. The second-order valence-corrected chi connectivity index (χ2v) is 8.08. The van der Waals surface area contributed by atoms with Crippen molar-refractivity contribution in [1.82, 2.24) is 10.3 Å². The zero-order valence-electron chi connectivity index (χ0n) is 20.3. The zero-order valence-corrected chi connectivity index (χ0v) is 20.3. The van der Waals surface area contributed by atoms with Gasteiger partial charge in [0.2, 0.25) is 11.8 Å². The molecule has 1 heterocycles. The number of carbonyl (C=O) groups excluding carboxylic acids is 2. The molecule has 0 aliphatic carbocycles. The minimum atomic E-state index is -0.400. The van der Waals surface area contributed by atoms with Gasteiger partial charge in [0.05, 0.1) is 25.8 Å². The molecule has 8 heteroatoms. The van der Waals surface area contributed by atoms with Gasteiger partial charge < -0.3 is 24.8 Å². The van der Waals surface area contributed by atoms with Gasteiger partial charge in [-0.3, -0.25) is 14.6 Å². The van der Waals surface area contributed by atoms with Crippen molar-refractivity contribution in [3.63, 3.8) is 0 Å². The number of ether oxygens (including phenoxy) is 3. The summed E-state index contributed by atoms with van der Waals surface area (Å²) in [5.74, 6) is 1.58. The van der Waals surface area contributed by atoms with Crippen LogP contribution in [-0.2, 0) is 9.59 Å². The van der Waals surface area contributed by atoms with Gasteiger partial charge in [0.15, 0.2) is 11.5 Å². The Morgan fingerprint density at radius 1 is 0.861 bits per heavy atom. The lowest BCUT2D eigenvalue weighted by molar-refractivity contribution is -0.127. The van der Waals surface area contributed by atoms with Crippen molar-refractivity contribution in [2.75, 3.05) is 19.5 Å². The van der Waals surface area contributed by atoms with Crippen LogP contribution in [-0.4, -0.2) is 31.0 Å². The predicted molar refractivity (Wildman–Crippen MR) is 138 cm³/mol. The number of anilines is 1. The molecule has 184 valence electrons. The van der Waals surface area contributed by atoms with Crippen molar-refractivity contribution in [1.29, 1.82) is 0 Å². The Kier molecular flexibility index (Phi) is 7.65. The zero-order chi connectivity index (χ0) is 25.5. The molecule has 0 spiro atoms. The van der Waals surface area contributed by atoms with Crippen molar-refractivity contribution in [2.24, 2.45) is 0 Å². The Morgan fingerprint density at radius 3 is 2.25 bits per heavy atom. The molecule has 0 bridgehead atoms. The quantitative estimate of drug-likeness (QED) is 0.314. The van der Waals surface area contributed by atoms with Crippen molar-refractivity contribution >= 4 is 28.4 Å². The number of hydrogen-bond donors (Lipinski definition) is 2. The van der Waals surface area contributed by atoms with E-state index in [0.29, 0.717) is 34.2 Å². The molecule has 1 unspecified atom stereocenters. The van der Waals surface area contributed by atoms with Crippen LogP contribution < -0.4 is 24.8 Å². The van der Waals surface area contributed by atoms with E-state index in [9.17, 15) is 9.59 Å². The number of pyridine rings is 1. The van der Waals surface area contributed by atoms with Gasteiger partial charge >= 0.3 is 0 Å². The van der Waals surface area contributed by atoms with Gasteiger partial charge in [-0.2, -0.15) is 0 Å². The number of nitrogens with zero attached hydrogens (tertiary/aromatic N) is 1. The van der Waals surface area contributed by atoms with Gasteiger partial charge in [-0.1, -0.05) is 30.3 Å². The molecule has 0 aliphatic rings. The molecule has 1 aromatic heterocycles. The van der Waals surface area contributed by atoms with E-state index >= 15 is 0 Å². The van der Waals surface area contributed by atoms with Crippen LogP contribution >= 0.6 is 0 Å². The first-order chi connectivity index (χ1) is 17.5. The lowest BCUT2D eigenvalue weighted by Gasteiger charge is -2.14. The standard InChI is InChI=1S/C28H27N3O5/c1-18(19-7-5-4-6-8-19)30-27(32)17-28(33)31-20-9-11-21(12-10-20)36-24-13-14-29-23-16-26(35-3)25(34-2)15-22(23)24/h4-16,18H,17H2,1-3H3,(H,30,32)(H,31,33). The van der Waals surface area contributed by atoms with Crippen LogP contribution in [0.1, 0.15) is 24.9 Å². The van der Waals surface area contributed by atoms with E-state index in [1.165, 1.54) is 0 Å². The van der Waals surface area contributed by atoms with Crippen LogP contribution in [0.3, 0.4) is 0 Å². The second-order valence-electron chi connectivity index (χ2n) is 8.08. The molecule has 2 N–H and O–H groups in total. The number of nitrogens with one attached hydrogen (secondary N) is 2. The fraction of sp³-hybridized carbons (Fsp3) is 0.179. The maximum atomic E-state index is 12.3. The number of methoxy groups -OCH3 is 2. The number of benzene rings is 3. The summed E-state index contributed by atoms with van der Waals surface area (Å²) in [5, 5.41) is 6.34. The molecule has 4 aromatic rings. The van der Waals surface area contributed by atoms with Crippen LogP contribution in [0, 0.1) is 0 Å². The third kappa shape index (κ3) is 5.90. The first-order valence-corrected chi connectivity index (χ1v) is 11.4. The minimum absolute atomic E-state index is 0.187. The summed E-state index contributed by atoms with van der Waals surface area (Å²) in [4.78, 5) is 29.0. The fourth-order valence-corrected chi connectivity index (χ4v) is 3.74. The molecular formula is C28H27N3O5. The van der Waals surface area contributed by atoms with Crippen molar-refractivity contribution < 1.29 is 23.8 Å². The van der Waals surface area contributed by atoms with Crippen LogP contribution in [0.25, 0.3) is 10.9 Å². The van der Waals surface area contributed by atoms with Crippen molar-refractivity contribution in [2.45, 2.75) is 19.4 Å². The third-order valence-electron chi connectivity index (χ3n) is 5.57. The Bertz CT molecular complexity index is 1360. The number of carbonyl (C=O) groups is 2. The maximum Gasteiger partial charge on any atom is 0.233 e. The summed E-state index contributed by atoms with van der Waals surface area (Å²) in [6.07, 6.45) is 1.38. The van der Waals surface area contributed by atoms with Gasteiger partial charge in [-0.25, -0.2) is 0 Å². The largest absolute Gasteiger partial charge is 0.493 e. The number of rotatable bonds is 9. The van der Waals surface area contributed by atoms with Crippen LogP contribution in [0.5, 0.6) is 23.0 Å². The molecule has 0 saturated carbocycles. The summed E-state index contributed by atoms with van der Waals surface area (Å²) in [6, 6.07) is 21.7. The van der Waals surface area contributed by atoms with Gasteiger partial charge in [0.1, 0.15) is 17.9 Å². The van der Waals surface area contributed by atoms with E-state index in [1.54, 1.807) is 56.8 Å². The van der Waals surface area contributed by atoms with Gasteiger partial charge in [0, 0.05) is 23.3 Å². The monoisotopic (exact) mass is 485 g/mol. The van der Waals surface area contributed by atoms with Gasteiger partial charge in [-0.15, -0.1) is 0 Å². The fourth-order valence-electron chi connectivity index (χ4n) is 3.74. The van der Waals surface area contributed by atoms with E-state index in [-0.39, 0.29) is 18.4 Å². The molecule has 36 heavy (non-hydrogen) atoms. The summed E-state index contributed by atoms with van der Waals surface area (Å²) in [5.41, 5.74) is 2.23. The average Bonchev–Trinajstić information content (AvgIpc) is 2.89. The summed E-state index contributed by atoms with van der Waals surface area (Å²) >= 11 is 0. The van der Waals surface area contributed by atoms with E-state index in [4.69, 9.17) is 14.2 Å². The van der Waals surface area contributed by atoms with Crippen LogP contribution in [0.2, 0.25) is 0 Å². The van der Waals surface area contributed by atoms with Gasteiger partial charge in [-0.05, 0) is 48.9 Å². The third-order valence-corrected chi connectivity index (χ3v) is 5.57. The second kappa shape index (κ2) is 11.2. The van der Waals surface area contributed by atoms with Gasteiger partial charge in [0.25, 0.3) is 0 Å². The first-order valence-electron chi connectivity index (χ1n) is 11.4. The van der Waals surface area contributed by atoms with Crippen LogP contribution in [0.15, 0.2) is 79.0 Å². The highest BCUT2D eigenvalue weighted by Gasteiger charge is 2.14. The molecular weight excluding hydrogens is 458 g/mol. The Labute approximate surface area is 209 Å². The minimum Gasteiger partial charge on any atom is -0.493 e. The van der Waals surface area contributed by atoms with Crippen LogP contribution in [0.4, 0.5) is 5.69 Å². The molecule has 2 amide bonds. The Hall–Kier alpha value is -4.59. The SMILES string of the molecule is COc1cc2nccc(Oc3ccc(NC(=O)CC(=O)NC(C)c4ccccc4)cc3)c2cc1OC. The highest BCUT2D eigenvalue weighted by Crippen LogP contribution is 2.37. The first kappa shape index (κ1) is 24.5. The Morgan fingerprint density at radius 2 is 1.56 bits per heavy atom. The molecule has 0 saturated heterocycles. The topological polar surface area (TPSA) is 98.8 Å². The number of amides is 2. The highest BCUT2D eigenvalue weighted by molar-refractivity contribution is 6.03. The summed E-state index contributed by atoms with van der Waals surface area (Å²) < 4.78 is 16.8. The van der Waals surface area contributed by atoms with E-state index < -0.39 is 5.91 Å². The highest BCUT2D eigenvalue weighted by atomic mass is 16.5.